The van der Waals surface area contributed by atoms with Crippen LogP contribution < -0.4 is 20.4 Å². The number of aromatic nitrogens is 2. The second-order valence-corrected chi connectivity index (χ2v) is 6.96. The molecule has 1 aliphatic heterocycles. The Morgan fingerprint density at radius 1 is 1.50 bits per heavy atom. The SMILES string of the molecule is CC(=O)SCC(C)(C)C(=O)Nc1c[n+](N2CCNCC2)no1. The lowest BCUT2D eigenvalue weighted by Crippen LogP contribution is -2.64. The van der Waals surface area contributed by atoms with Crippen molar-refractivity contribution >= 4 is 28.7 Å². The van der Waals surface area contributed by atoms with Gasteiger partial charge in [-0.1, -0.05) is 25.6 Å². The number of rotatable bonds is 5. The first-order chi connectivity index (χ1) is 10.4. The minimum absolute atomic E-state index is 0.00269. The number of anilines is 1. The summed E-state index contributed by atoms with van der Waals surface area (Å²) in [5, 5.41) is 11.9. The van der Waals surface area contributed by atoms with Crippen LogP contribution in [-0.4, -0.2) is 48.2 Å². The van der Waals surface area contributed by atoms with E-state index in [9.17, 15) is 9.59 Å². The van der Waals surface area contributed by atoms with Gasteiger partial charge in [-0.25, -0.2) is 0 Å². The number of amides is 1. The van der Waals surface area contributed by atoms with E-state index in [0.717, 1.165) is 37.9 Å². The van der Waals surface area contributed by atoms with Crippen LogP contribution in [0.3, 0.4) is 0 Å². The molecule has 0 aromatic carbocycles. The Labute approximate surface area is 133 Å². The molecule has 1 aromatic rings. The molecule has 2 heterocycles. The molecule has 0 atom stereocenters. The van der Waals surface area contributed by atoms with Gasteiger partial charge >= 0.3 is 5.88 Å². The Hall–Kier alpha value is -1.61. The summed E-state index contributed by atoms with van der Waals surface area (Å²) in [5.41, 5.74) is -0.678. The van der Waals surface area contributed by atoms with Crippen molar-refractivity contribution in [3.05, 3.63) is 6.20 Å². The Balaban J connectivity index is 1.93. The topological polar surface area (TPSA) is 91.4 Å². The summed E-state index contributed by atoms with van der Waals surface area (Å²) in [5.74, 6) is 0.509. The smallest absolute Gasteiger partial charge is 0.305 e. The van der Waals surface area contributed by atoms with Crippen LogP contribution in [0.5, 0.6) is 0 Å². The van der Waals surface area contributed by atoms with E-state index in [0.29, 0.717) is 11.6 Å². The summed E-state index contributed by atoms with van der Waals surface area (Å²) in [4.78, 5) is 24.9. The van der Waals surface area contributed by atoms with E-state index in [4.69, 9.17) is 4.52 Å². The maximum absolute atomic E-state index is 12.3. The van der Waals surface area contributed by atoms with Gasteiger partial charge in [-0.3, -0.25) is 19.4 Å². The third kappa shape index (κ3) is 4.44. The van der Waals surface area contributed by atoms with E-state index in [2.05, 4.69) is 15.9 Å². The van der Waals surface area contributed by atoms with Crippen molar-refractivity contribution in [2.24, 2.45) is 5.41 Å². The molecule has 22 heavy (non-hydrogen) atoms. The Kier molecular flexibility index (Phi) is 5.41. The third-order valence-corrected chi connectivity index (χ3v) is 4.60. The summed E-state index contributed by atoms with van der Waals surface area (Å²) in [6, 6.07) is 0. The van der Waals surface area contributed by atoms with Crippen molar-refractivity contribution in [3.63, 3.8) is 0 Å². The van der Waals surface area contributed by atoms with Crippen LogP contribution in [0.4, 0.5) is 5.88 Å². The van der Waals surface area contributed by atoms with Crippen LogP contribution >= 0.6 is 11.8 Å². The van der Waals surface area contributed by atoms with Gasteiger partial charge in [0, 0.05) is 25.8 Å². The first-order valence-corrected chi connectivity index (χ1v) is 8.16. The molecule has 122 valence electrons. The number of hydrogen-bond donors (Lipinski definition) is 2. The minimum Gasteiger partial charge on any atom is -0.313 e. The lowest BCUT2D eigenvalue weighted by Gasteiger charge is -2.21. The fourth-order valence-corrected chi connectivity index (χ4v) is 2.61. The molecule has 1 saturated heterocycles. The summed E-state index contributed by atoms with van der Waals surface area (Å²) >= 11 is 1.14. The molecule has 1 aliphatic rings. The molecule has 0 bridgehead atoms. The molecule has 2 N–H and O–H groups in total. The maximum Gasteiger partial charge on any atom is 0.305 e. The largest absolute Gasteiger partial charge is 0.313 e. The molecule has 9 heteroatoms. The lowest BCUT2D eigenvalue weighted by atomic mass is 9.95. The van der Waals surface area contributed by atoms with Crippen LogP contribution in [0.25, 0.3) is 0 Å². The Bertz CT molecular complexity index is 540. The van der Waals surface area contributed by atoms with Crippen LogP contribution in [0.2, 0.25) is 0 Å². The van der Waals surface area contributed by atoms with Crippen LogP contribution in [0.1, 0.15) is 20.8 Å². The maximum atomic E-state index is 12.3. The van der Waals surface area contributed by atoms with E-state index in [1.807, 2.05) is 5.01 Å². The van der Waals surface area contributed by atoms with Gasteiger partial charge in [0.25, 0.3) is 6.20 Å². The van der Waals surface area contributed by atoms with Crippen molar-refractivity contribution in [1.82, 2.24) is 10.6 Å². The molecule has 0 aliphatic carbocycles. The molecule has 0 radical (unpaired) electrons. The first kappa shape index (κ1) is 16.8. The zero-order chi connectivity index (χ0) is 16.2. The van der Waals surface area contributed by atoms with Gasteiger partial charge in [0.1, 0.15) is 0 Å². The van der Waals surface area contributed by atoms with Gasteiger partial charge in [-0.2, -0.15) is 5.01 Å². The predicted molar refractivity (Wildman–Crippen MR) is 83.1 cm³/mol. The molecular weight excluding hydrogens is 306 g/mol. The number of hydrogen-bond acceptors (Lipinski definition) is 7. The molecule has 1 fully saturated rings. The lowest BCUT2D eigenvalue weighted by molar-refractivity contribution is -0.758. The monoisotopic (exact) mass is 328 g/mol. The second-order valence-electron chi connectivity index (χ2n) is 5.81. The summed E-state index contributed by atoms with van der Waals surface area (Å²) in [7, 11) is 0. The molecule has 0 spiro atoms. The van der Waals surface area contributed by atoms with E-state index in [1.54, 1.807) is 24.8 Å². The molecule has 8 nitrogen and oxygen atoms in total. The number of nitrogens with zero attached hydrogens (tertiary/aromatic N) is 3. The van der Waals surface area contributed by atoms with Gasteiger partial charge in [-0.05, 0) is 0 Å². The number of thioether (sulfide) groups is 1. The zero-order valence-corrected chi connectivity index (χ0v) is 13.9. The molecule has 1 aromatic heterocycles. The van der Waals surface area contributed by atoms with Crippen molar-refractivity contribution in [2.45, 2.75) is 20.8 Å². The first-order valence-electron chi connectivity index (χ1n) is 7.18. The fourth-order valence-electron chi connectivity index (χ4n) is 1.91. The normalized spacial score (nSPS) is 15.7. The van der Waals surface area contributed by atoms with Crippen molar-refractivity contribution in [3.8, 4) is 0 Å². The highest BCUT2D eigenvalue weighted by atomic mass is 32.2. The Morgan fingerprint density at radius 3 is 2.82 bits per heavy atom. The fraction of sp³-hybridized carbons (Fsp3) is 0.692. The van der Waals surface area contributed by atoms with Crippen molar-refractivity contribution < 1.29 is 18.9 Å². The summed E-state index contributed by atoms with van der Waals surface area (Å²) in [6.07, 6.45) is 1.65. The standard InChI is InChI=1S/C13H21N5O3S/c1-10(19)22-9-13(2,3)12(20)15-11-8-18(16-21-11)17-6-4-14-5-7-17/h8,14H,4-7,9H2,1-3H3/p+1. The van der Waals surface area contributed by atoms with Gasteiger partial charge < -0.3 is 5.32 Å². The molecule has 2 rings (SSSR count). The number of nitrogens with one attached hydrogen (secondary N) is 2. The number of piperazine rings is 1. The van der Waals surface area contributed by atoms with E-state index in [-0.39, 0.29) is 11.0 Å². The summed E-state index contributed by atoms with van der Waals surface area (Å²) < 4.78 is 5.15. The van der Waals surface area contributed by atoms with Crippen LogP contribution in [-0.2, 0) is 9.59 Å². The van der Waals surface area contributed by atoms with Crippen LogP contribution in [0.15, 0.2) is 10.7 Å². The van der Waals surface area contributed by atoms with Crippen molar-refractivity contribution in [1.29, 1.82) is 0 Å². The average molecular weight is 328 g/mol. The van der Waals surface area contributed by atoms with Gasteiger partial charge in [0.05, 0.1) is 23.3 Å². The second kappa shape index (κ2) is 7.10. The molecule has 0 unspecified atom stereocenters. The third-order valence-electron chi connectivity index (χ3n) is 3.33. The molecular formula is C13H22N5O3S+. The van der Waals surface area contributed by atoms with Gasteiger partial charge in [-0.15, -0.1) is 0 Å². The highest BCUT2D eigenvalue weighted by Gasteiger charge is 2.31. The van der Waals surface area contributed by atoms with Crippen LogP contribution in [0, 0.1) is 5.41 Å². The van der Waals surface area contributed by atoms with Crippen molar-refractivity contribution in [2.75, 3.05) is 42.3 Å². The average Bonchev–Trinajstić information content (AvgIpc) is 2.95. The van der Waals surface area contributed by atoms with E-state index >= 15 is 0 Å². The molecule has 0 saturated carbocycles. The number of carbonyl (C=O) groups excluding carboxylic acids is 2. The van der Waals surface area contributed by atoms with E-state index < -0.39 is 5.41 Å². The van der Waals surface area contributed by atoms with Gasteiger partial charge in [0.2, 0.25) is 11.2 Å². The quantitative estimate of drug-likeness (QED) is 0.720. The minimum atomic E-state index is -0.678. The predicted octanol–water partition coefficient (Wildman–Crippen LogP) is -0.252. The molecule has 1 amide bonds. The number of carbonyl (C=O) groups is 2. The van der Waals surface area contributed by atoms with Gasteiger partial charge in [0.15, 0.2) is 5.12 Å². The van der Waals surface area contributed by atoms with E-state index in [1.165, 1.54) is 6.92 Å². The Morgan fingerprint density at radius 2 is 2.18 bits per heavy atom. The highest BCUT2D eigenvalue weighted by molar-refractivity contribution is 8.13. The zero-order valence-electron chi connectivity index (χ0n) is 13.1. The highest BCUT2D eigenvalue weighted by Crippen LogP contribution is 2.24. The summed E-state index contributed by atoms with van der Waals surface area (Å²) in [6.45, 7) is 8.49.